The van der Waals surface area contributed by atoms with Crippen LogP contribution in [0.5, 0.6) is 0 Å². The molecule has 4 heteroatoms. The van der Waals surface area contributed by atoms with Crippen LogP contribution in [0.3, 0.4) is 0 Å². The van der Waals surface area contributed by atoms with Crippen molar-refractivity contribution in [1.29, 1.82) is 0 Å². The van der Waals surface area contributed by atoms with Gasteiger partial charge in [0, 0.05) is 11.5 Å². The summed E-state index contributed by atoms with van der Waals surface area (Å²) in [6, 6.07) is 1.99. The van der Waals surface area contributed by atoms with Crippen molar-refractivity contribution in [3.63, 3.8) is 0 Å². The molecule has 2 atom stereocenters. The zero-order valence-corrected chi connectivity index (χ0v) is 11.7. The number of hydrogen-bond donors (Lipinski definition) is 2. The van der Waals surface area contributed by atoms with Crippen LogP contribution in [-0.2, 0) is 5.41 Å². The number of aromatic nitrogens is 2. The van der Waals surface area contributed by atoms with Crippen LogP contribution in [0.1, 0.15) is 64.6 Å². The maximum Gasteiger partial charge on any atom is 0.122 e. The average molecular weight is 251 g/mol. The molecule has 0 amide bonds. The van der Waals surface area contributed by atoms with Gasteiger partial charge in [-0.25, -0.2) is 4.68 Å². The molecule has 4 nitrogen and oxygen atoms in total. The summed E-state index contributed by atoms with van der Waals surface area (Å²) in [4.78, 5) is 0. The van der Waals surface area contributed by atoms with Crippen LogP contribution in [0.4, 0.5) is 5.82 Å². The standard InChI is InChI=1S/C14H25N3O/c1-14(2,3)12-9-13(15)17(16-12)10-7-5-4-6-8-11(10)18/h9-11,18H,4-8,15H2,1-3H3. The molecule has 1 heterocycles. The molecule has 2 unspecified atom stereocenters. The van der Waals surface area contributed by atoms with Crippen LogP contribution in [0.25, 0.3) is 0 Å². The lowest BCUT2D eigenvalue weighted by atomic mass is 9.92. The second-order valence-electron chi connectivity index (χ2n) is 6.42. The van der Waals surface area contributed by atoms with Gasteiger partial charge in [-0.3, -0.25) is 0 Å². The van der Waals surface area contributed by atoms with Crippen molar-refractivity contribution in [1.82, 2.24) is 9.78 Å². The van der Waals surface area contributed by atoms with Crippen molar-refractivity contribution in [2.24, 2.45) is 0 Å². The van der Waals surface area contributed by atoms with Gasteiger partial charge in [-0.15, -0.1) is 0 Å². The summed E-state index contributed by atoms with van der Waals surface area (Å²) >= 11 is 0. The average Bonchev–Trinajstić information content (AvgIpc) is 2.52. The first kappa shape index (κ1) is 13.4. The molecular weight excluding hydrogens is 226 g/mol. The Morgan fingerprint density at radius 1 is 1.28 bits per heavy atom. The number of anilines is 1. The molecule has 0 spiro atoms. The predicted molar refractivity (Wildman–Crippen MR) is 73.5 cm³/mol. The quantitative estimate of drug-likeness (QED) is 0.754. The first-order chi connectivity index (χ1) is 8.39. The Balaban J connectivity index is 2.29. The smallest absolute Gasteiger partial charge is 0.122 e. The van der Waals surface area contributed by atoms with Crippen molar-refractivity contribution in [2.75, 3.05) is 5.73 Å². The van der Waals surface area contributed by atoms with Crippen molar-refractivity contribution < 1.29 is 5.11 Å². The maximum atomic E-state index is 10.2. The molecule has 1 aromatic rings. The third kappa shape index (κ3) is 2.69. The first-order valence-electron chi connectivity index (χ1n) is 6.93. The summed E-state index contributed by atoms with van der Waals surface area (Å²) in [7, 11) is 0. The van der Waals surface area contributed by atoms with Crippen LogP contribution in [0.2, 0.25) is 0 Å². The Morgan fingerprint density at radius 2 is 1.94 bits per heavy atom. The van der Waals surface area contributed by atoms with Crippen LogP contribution in [0.15, 0.2) is 6.07 Å². The van der Waals surface area contributed by atoms with E-state index in [0.29, 0.717) is 5.82 Å². The molecule has 3 N–H and O–H groups in total. The maximum absolute atomic E-state index is 10.2. The Kier molecular flexibility index (Phi) is 3.66. The van der Waals surface area contributed by atoms with Gasteiger partial charge in [0.1, 0.15) is 5.82 Å². The highest BCUT2D eigenvalue weighted by atomic mass is 16.3. The van der Waals surface area contributed by atoms with Crippen LogP contribution < -0.4 is 5.73 Å². The van der Waals surface area contributed by atoms with E-state index in [1.807, 2.05) is 10.7 Å². The van der Waals surface area contributed by atoms with Gasteiger partial charge in [0.15, 0.2) is 0 Å². The highest BCUT2D eigenvalue weighted by Crippen LogP contribution is 2.31. The summed E-state index contributed by atoms with van der Waals surface area (Å²) in [6.45, 7) is 6.38. The van der Waals surface area contributed by atoms with Gasteiger partial charge in [-0.1, -0.05) is 40.0 Å². The van der Waals surface area contributed by atoms with Gasteiger partial charge >= 0.3 is 0 Å². The van der Waals surface area contributed by atoms with Crippen LogP contribution in [0, 0.1) is 0 Å². The molecule has 1 aliphatic rings. The summed E-state index contributed by atoms with van der Waals surface area (Å²) < 4.78 is 1.84. The third-order valence-corrected chi connectivity index (χ3v) is 3.79. The lowest BCUT2D eigenvalue weighted by Gasteiger charge is -2.22. The van der Waals surface area contributed by atoms with E-state index in [1.165, 1.54) is 6.42 Å². The van der Waals surface area contributed by atoms with Gasteiger partial charge in [-0.05, 0) is 12.8 Å². The number of nitrogens with two attached hydrogens (primary N) is 1. The van der Waals surface area contributed by atoms with E-state index in [1.54, 1.807) is 0 Å². The first-order valence-corrected chi connectivity index (χ1v) is 6.93. The van der Waals surface area contributed by atoms with Crippen molar-refractivity contribution in [3.05, 3.63) is 11.8 Å². The minimum atomic E-state index is -0.317. The fraction of sp³-hybridized carbons (Fsp3) is 0.786. The zero-order chi connectivity index (χ0) is 13.3. The lowest BCUT2D eigenvalue weighted by Crippen LogP contribution is -2.25. The molecular formula is C14H25N3O. The predicted octanol–water partition coefficient (Wildman–Crippen LogP) is 2.63. The molecule has 0 radical (unpaired) electrons. The summed E-state index contributed by atoms with van der Waals surface area (Å²) in [6.07, 6.45) is 4.95. The number of aliphatic hydroxyl groups is 1. The van der Waals surface area contributed by atoms with Crippen molar-refractivity contribution in [3.8, 4) is 0 Å². The largest absolute Gasteiger partial charge is 0.391 e. The van der Waals surface area contributed by atoms with Gasteiger partial charge in [0.05, 0.1) is 17.8 Å². The monoisotopic (exact) mass is 251 g/mol. The summed E-state index contributed by atoms with van der Waals surface area (Å²) in [5, 5.41) is 14.9. The Labute approximate surface area is 109 Å². The number of nitrogen functional groups attached to an aromatic ring is 1. The second-order valence-corrected chi connectivity index (χ2v) is 6.42. The van der Waals surface area contributed by atoms with E-state index in [0.717, 1.165) is 31.4 Å². The van der Waals surface area contributed by atoms with E-state index in [2.05, 4.69) is 25.9 Å². The normalized spacial score (nSPS) is 26.0. The minimum absolute atomic E-state index is 0.00491. The van der Waals surface area contributed by atoms with E-state index in [-0.39, 0.29) is 17.6 Å². The minimum Gasteiger partial charge on any atom is -0.391 e. The molecule has 1 aliphatic carbocycles. The molecule has 0 bridgehead atoms. The number of hydrogen-bond acceptors (Lipinski definition) is 3. The van der Waals surface area contributed by atoms with Gasteiger partial charge < -0.3 is 10.8 Å². The topological polar surface area (TPSA) is 64.1 Å². The number of aliphatic hydroxyl groups excluding tert-OH is 1. The van der Waals surface area contributed by atoms with Gasteiger partial charge in [0.25, 0.3) is 0 Å². The lowest BCUT2D eigenvalue weighted by molar-refractivity contribution is 0.0997. The fourth-order valence-corrected chi connectivity index (χ4v) is 2.59. The second kappa shape index (κ2) is 4.92. The molecule has 102 valence electrons. The third-order valence-electron chi connectivity index (χ3n) is 3.79. The van der Waals surface area contributed by atoms with Gasteiger partial charge in [0.2, 0.25) is 0 Å². The highest BCUT2D eigenvalue weighted by Gasteiger charge is 2.27. The van der Waals surface area contributed by atoms with Crippen LogP contribution >= 0.6 is 0 Å². The molecule has 1 aromatic heterocycles. The van der Waals surface area contributed by atoms with Crippen molar-refractivity contribution >= 4 is 5.82 Å². The SMILES string of the molecule is CC(C)(C)c1cc(N)n(C2CCCCCC2O)n1. The molecule has 1 saturated carbocycles. The Hall–Kier alpha value is -1.03. The summed E-state index contributed by atoms with van der Waals surface area (Å²) in [5.74, 6) is 0.672. The Bertz CT molecular complexity index is 406. The summed E-state index contributed by atoms with van der Waals surface area (Å²) in [5.41, 5.74) is 7.06. The number of nitrogens with zero attached hydrogens (tertiary/aromatic N) is 2. The molecule has 2 rings (SSSR count). The molecule has 18 heavy (non-hydrogen) atoms. The fourth-order valence-electron chi connectivity index (χ4n) is 2.59. The van der Waals surface area contributed by atoms with E-state index >= 15 is 0 Å². The molecule has 0 aliphatic heterocycles. The zero-order valence-electron chi connectivity index (χ0n) is 11.7. The van der Waals surface area contributed by atoms with E-state index in [4.69, 9.17) is 5.73 Å². The molecule has 0 aromatic carbocycles. The van der Waals surface area contributed by atoms with E-state index < -0.39 is 0 Å². The molecule has 0 saturated heterocycles. The van der Waals surface area contributed by atoms with Gasteiger partial charge in [-0.2, -0.15) is 5.10 Å². The number of rotatable bonds is 1. The van der Waals surface area contributed by atoms with Crippen molar-refractivity contribution in [2.45, 2.75) is 70.4 Å². The van der Waals surface area contributed by atoms with Crippen LogP contribution in [-0.4, -0.2) is 21.0 Å². The van der Waals surface area contributed by atoms with E-state index in [9.17, 15) is 5.11 Å². The Morgan fingerprint density at radius 3 is 2.56 bits per heavy atom. The molecule has 1 fully saturated rings. The highest BCUT2D eigenvalue weighted by molar-refractivity contribution is 5.34.